The summed E-state index contributed by atoms with van der Waals surface area (Å²) in [4.78, 5) is 16.5. The number of nitrogens with one attached hydrogen (secondary N) is 1. The van der Waals surface area contributed by atoms with Crippen molar-refractivity contribution >= 4 is 5.78 Å². The van der Waals surface area contributed by atoms with Crippen LogP contribution in [0.1, 0.15) is 27.5 Å². The van der Waals surface area contributed by atoms with Crippen molar-refractivity contribution in [2.24, 2.45) is 0 Å². The molecule has 3 rings (SSSR count). The van der Waals surface area contributed by atoms with Gasteiger partial charge in [-0.1, -0.05) is 24.3 Å². The molecule has 18 heavy (non-hydrogen) atoms. The monoisotopic (exact) mass is 238 g/mol. The quantitative estimate of drug-likeness (QED) is 0.815. The highest BCUT2D eigenvalue weighted by Crippen LogP contribution is 2.25. The van der Waals surface area contributed by atoms with Crippen LogP contribution in [0.3, 0.4) is 0 Å². The standard InChI is InChI=1S/C15H14N2O/c18-15(12-5-3-8-16-10-12)14-13-6-2-1-4-11(13)7-9-17-14/h1-6,8,10,14,17H,7,9H2. The van der Waals surface area contributed by atoms with Crippen molar-refractivity contribution in [1.29, 1.82) is 0 Å². The van der Waals surface area contributed by atoms with E-state index in [9.17, 15) is 4.79 Å². The number of rotatable bonds is 2. The zero-order valence-corrected chi connectivity index (χ0v) is 9.97. The fraction of sp³-hybridized carbons (Fsp3) is 0.200. The average Bonchev–Trinajstić information content (AvgIpc) is 2.47. The second kappa shape index (κ2) is 4.70. The molecule has 0 spiro atoms. The van der Waals surface area contributed by atoms with Crippen LogP contribution in [0.15, 0.2) is 48.8 Å². The van der Waals surface area contributed by atoms with Gasteiger partial charge in [-0.15, -0.1) is 0 Å². The highest BCUT2D eigenvalue weighted by molar-refractivity contribution is 6.00. The maximum absolute atomic E-state index is 12.5. The highest BCUT2D eigenvalue weighted by atomic mass is 16.1. The molecule has 1 unspecified atom stereocenters. The van der Waals surface area contributed by atoms with Gasteiger partial charge in [-0.2, -0.15) is 0 Å². The minimum absolute atomic E-state index is 0.0928. The number of benzene rings is 1. The van der Waals surface area contributed by atoms with E-state index in [1.807, 2.05) is 24.3 Å². The molecule has 1 aromatic carbocycles. The number of Topliss-reactive ketones (excluding diaryl/α,β-unsaturated/α-hetero) is 1. The molecule has 1 aliphatic heterocycles. The summed E-state index contributed by atoms with van der Waals surface area (Å²) in [5, 5.41) is 3.30. The number of carbonyl (C=O) groups is 1. The van der Waals surface area contributed by atoms with Crippen LogP contribution in [0.25, 0.3) is 0 Å². The van der Waals surface area contributed by atoms with Gasteiger partial charge in [0.25, 0.3) is 0 Å². The lowest BCUT2D eigenvalue weighted by Crippen LogP contribution is -2.35. The predicted octanol–water partition coefficient (Wildman–Crippen LogP) is 2.15. The lowest BCUT2D eigenvalue weighted by molar-refractivity contribution is 0.0939. The molecule has 1 atom stereocenters. The van der Waals surface area contributed by atoms with Gasteiger partial charge in [0.2, 0.25) is 0 Å². The molecule has 3 heteroatoms. The van der Waals surface area contributed by atoms with E-state index in [2.05, 4.69) is 16.4 Å². The third-order valence-corrected chi connectivity index (χ3v) is 3.32. The zero-order valence-electron chi connectivity index (χ0n) is 9.97. The van der Waals surface area contributed by atoms with Crippen molar-refractivity contribution < 1.29 is 4.79 Å². The van der Waals surface area contributed by atoms with Gasteiger partial charge in [-0.05, 0) is 29.7 Å². The second-order valence-electron chi connectivity index (χ2n) is 4.44. The Bertz CT molecular complexity index is 566. The summed E-state index contributed by atoms with van der Waals surface area (Å²) < 4.78 is 0. The molecule has 0 amide bonds. The Kier molecular flexibility index (Phi) is 2.90. The summed E-state index contributed by atoms with van der Waals surface area (Å²) in [5.74, 6) is 0.0928. The lowest BCUT2D eigenvalue weighted by atomic mass is 9.90. The summed E-state index contributed by atoms with van der Waals surface area (Å²) in [6.07, 6.45) is 4.28. The summed E-state index contributed by atoms with van der Waals surface area (Å²) >= 11 is 0. The molecule has 1 aromatic heterocycles. The topological polar surface area (TPSA) is 42.0 Å². The van der Waals surface area contributed by atoms with Crippen LogP contribution < -0.4 is 5.32 Å². The molecule has 2 aromatic rings. The fourth-order valence-corrected chi connectivity index (χ4v) is 2.41. The van der Waals surface area contributed by atoms with E-state index in [1.54, 1.807) is 18.5 Å². The molecule has 0 aliphatic carbocycles. The molecule has 0 saturated heterocycles. The van der Waals surface area contributed by atoms with E-state index >= 15 is 0 Å². The second-order valence-corrected chi connectivity index (χ2v) is 4.44. The molecule has 90 valence electrons. The normalized spacial score (nSPS) is 18.1. The minimum atomic E-state index is -0.237. The number of carbonyl (C=O) groups excluding carboxylic acids is 1. The first-order valence-electron chi connectivity index (χ1n) is 6.12. The molecular weight excluding hydrogens is 224 g/mol. The molecule has 1 N–H and O–H groups in total. The molecule has 2 heterocycles. The van der Waals surface area contributed by atoms with Crippen LogP contribution in [-0.4, -0.2) is 17.3 Å². The van der Waals surface area contributed by atoms with Crippen molar-refractivity contribution in [1.82, 2.24) is 10.3 Å². The number of nitrogens with zero attached hydrogens (tertiary/aromatic N) is 1. The van der Waals surface area contributed by atoms with E-state index in [1.165, 1.54) is 5.56 Å². The first-order valence-corrected chi connectivity index (χ1v) is 6.12. The number of aromatic nitrogens is 1. The Morgan fingerprint density at radius 1 is 1.22 bits per heavy atom. The number of fused-ring (bicyclic) bond motifs is 1. The van der Waals surface area contributed by atoms with Gasteiger partial charge < -0.3 is 5.32 Å². The first kappa shape index (κ1) is 11.1. The molecule has 0 bridgehead atoms. The number of ketones is 1. The largest absolute Gasteiger partial charge is 0.303 e. The minimum Gasteiger partial charge on any atom is -0.303 e. The van der Waals surface area contributed by atoms with Crippen LogP contribution in [0, 0.1) is 0 Å². The van der Waals surface area contributed by atoms with E-state index in [-0.39, 0.29) is 11.8 Å². The maximum atomic E-state index is 12.5. The van der Waals surface area contributed by atoms with Gasteiger partial charge in [-0.3, -0.25) is 9.78 Å². The molecule has 3 nitrogen and oxygen atoms in total. The van der Waals surface area contributed by atoms with Crippen molar-refractivity contribution in [2.45, 2.75) is 12.5 Å². The first-order chi connectivity index (χ1) is 8.86. The number of hydrogen-bond acceptors (Lipinski definition) is 3. The summed E-state index contributed by atoms with van der Waals surface area (Å²) in [7, 11) is 0. The molecule has 0 fully saturated rings. The van der Waals surface area contributed by atoms with E-state index in [4.69, 9.17) is 0 Å². The van der Waals surface area contributed by atoms with Crippen LogP contribution >= 0.6 is 0 Å². The van der Waals surface area contributed by atoms with E-state index < -0.39 is 0 Å². The highest BCUT2D eigenvalue weighted by Gasteiger charge is 2.26. The Labute approximate surface area is 106 Å². The van der Waals surface area contributed by atoms with Gasteiger partial charge >= 0.3 is 0 Å². The predicted molar refractivity (Wildman–Crippen MR) is 69.5 cm³/mol. The van der Waals surface area contributed by atoms with Crippen molar-refractivity contribution in [3.63, 3.8) is 0 Å². The van der Waals surface area contributed by atoms with E-state index in [0.29, 0.717) is 5.56 Å². The van der Waals surface area contributed by atoms with Gasteiger partial charge in [0.15, 0.2) is 5.78 Å². The lowest BCUT2D eigenvalue weighted by Gasteiger charge is -2.25. The van der Waals surface area contributed by atoms with Crippen molar-refractivity contribution in [2.75, 3.05) is 6.54 Å². The van der Waals surface area contributed by atoms with Gasteiger partial charge in [0.05, 0.1) is 6.04 Å². The summed E-state index contributed by atoms with van der Waals surface area (Å²) in [5.41, 5.74) is 3.02. The maximum Gasteiger partial charge on any atom is 0.185 e. The van der Waals surface area contributed by atoms with Crippen LogP contribution in [0.2, 0.25) is 0 Å². The van der Waals surface area contributed by atoms with Gasteiger partial charge in [0.1, 0.15) is 0 Å². The van der Waals surface area contributed by atoms with Crippen molar-refractivity contribution in [3.8, 4) is 0 Å². The third-order valence-electron chi connectivity index (χ3n) is 3.32. The Morgan fingerprint density at radius 3 is 2.94 bits per heavy atom. The van der Waals surface area contributed by atoms with Gasteiger partial charge in [-0.25, -0.2) is 0 Å². The smallest absolute Gasteiger partial charge is 0.185 e. The number of pyridine rings is 1. The third kappa shape index (κ3) is 1.93. The summed E-state index contributed by atoms with van der Waals surface area (Å²) in [6.45, 7) is 0.841. The van der Waals surface area contributed by atoms with Crippen LogP contribution in [-0.2, 0) is 6.42 Å². The molecule has 0 saturated carbocycles. The Morgan fingerprint density at radius 2 is 2.11 bits per heavy atom. The Balaban J connectivity index is 1.97. The molecule has 1 aliphatic rings. The molecular formula is C15H14N2O. The van der Waals surface area contributed by atoms with Crippen LogP contribution in [0.4, 0.5) is 0 Å². The van der Waals surface area contributed by atoms with E-state index in [0.717, 1.165) is 18.5 Å². The average molecular weight is 238 g/mol. The fourth-order valence-electron chi connectivity index (χ4n) is 2.41. The van der Waals surface area contributed by atoms with Crippen LogP contribution in [0.5, 0.6) is 0 Å². The molecule has 0 radical (unpaired) electrons. The number of hydrogen-bond donors (Lipinski definition) is 1. The van der Waals surface area contributed by atoms with Crippen molar-refractivity contribution in [3.05, 3.63) is 65.5 Å². The zero-order chi connectivity index (χ0) is 12.4. The summed E-state index contributed by atoms with van der Waals surface area (Å²) in [6, 6.07) is 11.5. The Hall–Kier alpha value is -2.00. The SMILES string of the molecule is O=C(c1cccnc1)C1NCCc2ccccc21. The van der Waals surface area contributed by atoms with Gasteiger partial charge in [0, 0.05) is 24.5 Å².